The molecule has 0 aliphatic rings. The van der Waals surface area contributed by atoms with E-state index in [1.807, 2.05) is 0 Å². The van der Waals surface area contributed by atoms with E-state index in [0.29, 0.717) is 0 Å². The molecule has 22 heavy (non-hydrogen) atoms. The van der Waals surface area contributed by atoms with E-state index in [-0.39, 0.29) is 84.7 Å². The summed E-state index contributed by atoms with van der Waals surface area (Å²) >= 11 is 0. The van der Waals surface area contributed by atoms with Crippen molar-refractivity contribution in [1.29, 1.82) is 0 Å². The van der Waals surface area contributed by atoms with Crippen LogP contribution in [0.2, 0.25) is 0 Å². The van der Waals surface area contributed by atoms with E-state index >= 15 is 0 Å². The zero-order chi connectivity index (χ0) is 12.9. The van der Waals surface area contributed by atoms with E-state index < -0.39 is 38.1 Å². The third-order valence-electron chi connectivity index (χ3n) is 0.704. The summed E-state index contributed by atoms with van der Waals surface area (Å²) in [6, 6.07) is 0. The van der Waals surface area contributed by atoms with Gasteiger partial charge in [0.05, 0.1) is 0 Å². The quantitative estimate of drug-likeness (QED) is 0.347. The number of hydrogen-bond acceptors (Lipinski definition) is 6. The van der Waals surface area contributed by atoms with Gasteiger partial charge in [0.1, 0.15) is 0 Å². The van der Waals surface area contributed by atoms with Gasteiger partial charge in [0.2, 0.25) is 0 Å². The minimum absolute atomic E-state index is 0. The van der Waals surface area contributed by atoms with Crippen LogP contribution in [0.5, 0.6) is 0 Å². The largest absolute Gasteiger partial charge is 3.00 e. The zero-order valence-electron chi connectivity index (χ0n) is 11.9. The molecule has 0 N–H and O–H groups in total. The number of rotatable bonds is 3. The van der Waals surface area contributed by atoms with Crippen molar-refractivity contribution in [1.82, 2.24) is 0 Å². The van der Waals surface area contributed by atoms with Gasteiger partial charge < -0.3 is 47.1 Å². The van der Waals surface area contributed by atoms with Crippen LogP contribution in [0.1, 0.15) is 20.8 Å². The van der Waals surface area contributed by atoms with Crippen LogP contribution in [-0.2, 0) is 84.7 Å². The molecule has 0 spiro atoms. The van der Waals surface area contributed by atoms with E-state index in [4.69, 9.17) is 0 Å². The van der Waals surface area contributed by atoms with Crippen molar-refractivity contribution in [3.63, 3.8) is 0 Å². The molecule has 4 radical (unpaired) electrons. The van der Waals surface area contributed by atoms with Crippen molar-refractivity contribution >= 4 is 0 Å². The summed E-state index contributed by atoms with van der Waals surface area (Å²) < 4.78 is 0. The van der Waals surface area contributed by atoms with Crippen molar-refractivity contribution in [3.8, 4) is 0 Å². The maximum absolute atomic E-state index is 9.58. The van der Waals surface area contributed by atoms with Crippen LogP contribution in [0.25, 0.3) is 0 Å². The third-order valence-corrected chi connectivity index (χ3v) is 0.704. The maximum Gasteiger partial charge on any atom is 3.00 e. The van der Waals surface area contributed by atoms with Crippen molar-refractivity contribution in [3.05, 3.63) is 0 Å². The topological polar surface area (TPSA) is 224 Å². The molecule has 3 atom stereocenters. The van der Waals surface area contributed by atoms with Gasteiger partial charge in [-0.3, -0.25) is 0 Å². The second-order valence-corrected chi connectivity index (χ2v) is 2.93. The van der Waals surface area contributed by atoms with Gasteiger partial charge in [-0.2, -0.15) is 19.8 Å². The molecular weight excluding hydrogens is 475 g/mol. The van der Waals surface area contributed by atoms with Gasteiger partial charge in [-0.25, -0.2) is 0 Å². The number of hydrogen-bond donors (Lipinski definition) is 0. The molecule has 9 nitrogen and oxygen atoms in total. The summed E-state index contributed by atoms with van der Waals surface area (Å²) in [4.78, 5) is 0. The second-order valence-electron chi connectivity index (χ2n) is 2.93. The van der Waals surface area contributed by atoms with E-state index in [0.717, 1.165) is 0 Å². The van der Waals surface area contributed by atoms with Crippen LogP contribution in [0, 0.1) is 0 Å². The Morgan fingerprint density at radius 3 is 0.545 bits per heavy atom. The molecule has 0 aliphatic heterocycles. The molecule has 0 heterocycles. The fourth-order valence-electron chi connectivity index (χ4n) is 0. The summed E-state index contributed by atoms with van der Waals surface area (Å²) in [5, 5.41) is 56.7. The smallest absolute Gasteiger partial charge is 2.00 e. The van der Waals surface area contributed by atoms with Crippen LogP contribution in [-0.4, -0.2) is 38.1 Å². The van der Waals surface area contributed by atoms with Crippen molar-refractivity contribution in [2.45, 2.75) is 39.1 Å². The first-order valence-corrected chi connectivity index (χ1v) is 4.53. The second kappa shape index (κ2) is 56.9. The average molecular weight is 494 g/mol. The Hall–Kier alpha value is 1.72. The molecule has 0 bridgehead atoms. The summed E-state index contributed by atoms with van der Waals surface area (Å²) in [5.41, 5.74) is 0. The average Bonchev–Trinajstić information content (AvgIpc) is 2.19. The summed E-state index contributed by atoms with van der Waals surface area (Å²) in [6.45, 7) is 2.56. The summed E-state index contributed by atoms with van der Waals surface area (Å²) in [7, 11) is 0. The molecule has 140 valence electrons. The predicted octanol–water partition coefficient (Wildman–Crippen LogP) is -6.08. The van der Waals surface area contributed by atoms with E-state index in [1.54, 1.807) is 0 Å². The van der Waals surface area contributed by atoms with Crippen LogP contribution >= 0.6 is 0 Å². The Labute approximate surface area is 173 Å². The molecule has 0 aromatic heterocycles. The Kier molecular flexibility index (Phi) is 168. The van der Waals surface area contributed by atoms with E-state index in [2.05, 4.69) is 0 Å². The first-order valence-electron chi connectivity index (χ1n) is 4.53. The fraction of sp³-hybridized carbons (Fsp3) is 1.00. The molecular formula is C9H18Fe4O9. The molecule has 0 fully saturated rings. The molecule has 0 aliphatic carbocycles. The normalized spacial score (nSPS) is 10.2. The molecule has 13 heteroatoms. The van der Waals surface area contributed by atoms with Gasteiger partial charge in [-0.1, -0.05) is 20.8 Å². The monoisotopic (exact) mass is 494 g/mol. The summed E-state index contributed by atoms with van der Waals surface area (Å²) in [5.74, 6) is 0. The first kappa shape index (κ1) is 65.0. The molecule has 0 rings (SSSR count). The van der Waals surface area contributed by atoms with Gasteiger partial charge in [-0.05, 0) is 0 Å². The van der Waals surface area contributed by atoms with Gasteiger partial charge in [0.15, 0.2) is 0 Å². The Bertz CT molecular complexity index is 94.1. The van der Waals surface area contributed by atoms with Gasteiger partial charge in [-0.15, -0.1) is 18.3 Å². The fourth-order valence-corrected chi connectivity index (χ4v) is 0. The minimum Gasteiger partial charge on any atom is -2.00 e. The zero-order valence-corrected chi connectivity index (χ0v) is 16.4. The molecule has 0 saturated heterocycles. The van der Waals surface area contributed by atoms with Crippen molar-refractivity contribution in [2.75, 3.05) is 19.8 Å². The van der Waals surface area contributed by atoms with Gasteiger partial charge in [0.25, 0.3) is 0 Å². The molecule has 0 aromatic rings. The minimum atomic E-state index is -0.921. The molecule has 0 amide bonds. The van der Waals surface area contributed by atoms with Crippen LogP contribution in [0.4, 0.5) is 0 Å². The van der Waals surface area contributed by atoms with E-state index in [9.17, 15) is 30.6 Å². The Balaban J connectivity index is -0.0000000106. The van der Waals surface area contributed by atoms with Crippen LogP contribution in [0.3, 0.4) is 0 Å². The van der Waals surface area contributed by atoms with Gasteiger partial charge >= 0.3 is 68.3 Å². The third kappa shape index (κ3) is 156. The standard InChI is InChI=1S/3C3H6O2.4Fe.3O/c3*1-3(5)2-4;;;;;;;/h3*3H,2H2,1H3;;;;;;;/q3*-2;4*+3;3*-2. The van der Waals surface area contributed by atoms with Crippen LogP contribution in [0.15, 0.2) is 0 Å². The Morgan fingerprint density at radius 1 is 0.500 bits per heavy atom. The molecule has 3 unspecified atom stereocenters. The van der Waals surface area contributed by atoms with E-state index in [1.165, 1.54) is 20.8 Å². The Morgan fingerprint density at radius 2 is 0.545 bits per heavy atom. The predicted molar refractivity (Wildman–Crippen MR) is 45.0 cm³/mol. The maximum atomic E-state index is 9.58. The SMILES string of the molecule is CC([O-])C[O-].CC([O-])C[O-].CC([O-])C[O-].[Fe+3].[Fe+3].[Fe+3].[Fe+3].[O-2].[O-2].[O-2]. The molecule has 0 aromatic carbocycles. The first-order chi connectivity index (χ1) is 6.81. The molecule has 0 saturated carbocycles. The van der Waals surface area contributed by atoms with Crippen LogP contribution < -0.4 is 30.6 Å². The van der Waals surface area contributed by atoms with Crippen molar-refractivity contribution in [2.24, 2.45) is 0 Å². The van der Waals surface area contributed by atoms with Gasteiger partial charge in [0, 0.05) is 0 Å². The summed E-state index contributed by atoms with van der Waals surface area (Å²) in [6.07, 6.45) is -2.76. The van der Waals surface area contributed by atoms with Crippen molar-refractivity contribution < 1.29 is 115 Å².